The van der Waals surface area contributed by atoms with Crippen LogP contribution in [0.15, 0.2) is 12.4 Å². The average Bonchev–Trinajstić information content (AvgIpc) is 2.69. The van der Waals surface area contributed by atoms with Crippen molar-refractivity contribution in [3.05, 3.63) is 18.0 Å². The first-order chi connectivity index (χ1) is 7.56. The van der Waals surface area contributed by atoms with Crippen LogP contribution in [0.1, 0.15) is 24.2 Å². The molecule has 0 fully saturated rings. The number of amides is 1. The Bertz CT molecular complexity index is 321. The lowest BCUT2D eigenvalue weighted by molar-refractivity contribution is 0.0679. The molecular weight excluding hydrogens is 204 g/mol. The van der Waals surface area contributed by atoms with Gasteiger partial charge in [-0.25, -0.2) is 0 Å². The molecule has 0 spiro atoms. The number of aromatic nitrogens is 2. The van der Waals surface area contributed by atoms with Crippen molar-refractivity contribution in [2.75, 3.05) is 27.2 Å². The highest BCUT2D eigenvalue weighted by Crippen LogP contribution is 2.07. The third-order valence-electron chi connectivity index (χ3n) is 2.51. The Morgan fingerprint density at radius 2 is 2.25 bits per heavy atom. The Labute approximate surface area is 96.4 Å². The minimum Gasteiger partial charge on any atom is -0.335 e. The molecule has 0 aromatic carbocycles. The third-order valence-corrected chi connectivity index (χ3v) is 2.51. The van der Waals surface area contributed by atoms with Gasteiger partial charge in [0.05, 0.1) is 11.8 Å². The van der Waals surface area contributed by atoms with Crippen LogP contribution in [0.2, 0.25) is 0 Å². The number of hydrogen-bond acceptors (Lipinski definition) is 3. The van der Waals surface area contributed by atoms with E-state index in [9.17, 15) is 4.79 Å². The van der Waals surface area contributed by atoms with E-state index in [1.165, 1.54) is 0 Å². The van der Waals surface area contributed by atoms with Crippen LogP contribution in [0.5, 0.6) is 0 Å². The highest BCUT2D eigenvalue weighted by Gasteiger charge is 2.20. The molecule has 0 bridgehead atoms. The molecule has 1 unspecified atom stereocenters. The maximum absolute atomic E-state index is 12.1. The van der Waals surface area contributed by atoms with Gasteiger partial charge in [-0.1, -0.05) is 0 Å². The quantitative estimate of drug-likeness (QED) is 0.805. The van der Waals surface area contributed by atoms with Gasteiger partial charge < -0.3 is 9.80 Å². The molecule has 1 rings (SSSR count). The molecule has 90 valence electrons. The average molecular weight is 224 g/mol. The molecule has 1 atom stereocenters. The summed E-state index contributed by atoms with van der Waals surface area (Å²) in [5.41, 5.74) is 0.618. The number of likely N-dealkylation sites (N-methyl/N-ethyl adjacent to an activating group) is 2. The lowest BCUT2D eigenvalue weighted by Gasteiger charge is -2.29. The van der Waals surface area contributed by atoms with Crippen LogP contribution < -0.4 is 0 Å². The normalized spacial score (nSPS) is 12.8. The van der Waals surface area contributed by atoms with E-state index in [1.807, 2.05) is 25.9 Å². The number of hydrogen-bond donors (Lipinski definition) is 1. The fourth-order valence-electron chi connectivity index (χ4n) is 1.82. The Balaban J connectivity index is 2.70. The highest BCUT2D eigenvalue weighted by molar-refractivity contribution is 5.93. The van der Waals surface area contributed by atoms with Crippen LogP contribution in [-0.4, -0.2) is 59.1 Å². The number of carbonyl (C=O) groups excluding carboxylic acids is 1. The van der Waals surface area contributed by atoms with Crippen molar-refractivity contribution in [3.8, 4) is 0 Å². The zero-order valence-electron chi connectivity index (χ0n) is 10.4. The number of rotatable bonds is 5. The molecule has 1 N–H and O–H groups in total. The van der Waals surface area contributed by atoms with Gasteiger partial charge in [0.25, 0.3) is 5.91 Å². The van der Waals surface area contributed by atoms with Crippen molar-refractivity contribution in [2.24, 2.45) is 0 Å². The summed E-state index contributed by atoms with van der Waals surface area (Å²) in [5.74, 6) is 0.0330. The summed E-state index contributed by atoms with van der Waals surface area (Å²) in [6, 6.07) is 0.197. The topological polar surface area (TPSA) is 52.2 Å². The van der Waals surface area contributed by atoms with Gasteiger partial charge in [0, 0.05) is 25.3 Å². The smallest absolute Gasteiger partial charge is 0.257 e. The predicted molar refractivity (Wildman–Crippen MR) is 63.3 cm³/mol. The Morgan fingerprint density at radius 3 is 2.69 bits per heavy atom. The van der Waals surface area contributed by atoms with Gasteiger partial charge in [0.1, 0.15) is 0 Å². The molecule has 1 aromatic rings. The van der Waals surface area contributed by atoms with Gasteiger partial charge in [0.2, 0.25) is 0 Å². The standard InChI is InChI=1S/C11H20N4O/c1-5-15(9(2)8-14(3)4)11(16)10-6-12-13-7-10/h6-7,9H,5,8H2,1-4H3,(H,12,13). The van der Waals surface area contributed by atoms with Crippen molar-refractivity contribution in [1.82, 2.24) is 20.0 Å². The second-order valence-corrected chi connectivity index (χ2v) is 4.19. The van der Waals surface area contributed by atoms with Crippen molar-refractivity contribution in [3.63, 3.8) is 0 Å². The van der Waals surface area contributed by atoms with Crippen LogP contribution in [0.25, 0.3) is 0 Å². The molecule has 16 heavy (non-hydrogen) atoms. The molecule has 1 heterocycles. The molecule has 0 aliphatic rings. The number of nitrogens with zero attached hydrogens (tertiary/aromatic N) is 3. The summed E-state index contributed by atoms with van der Waals surface area (Å²) in [5, 5.41) is 6.46. The van der Waals surface area contributed by atoms with Crippen molar-refractivity contribution in [2.45, 2.75) is 19.9 Å². The molecule has 5 heteroatoms. The second kappa shape index (κ2) is 5.65. The first-order valence-electron chi connectivity index (χ1n) is 5.50. The van der Waals surface area contributed by atoms with E-state index in [0.717, 1.165) is 6.54 Å². The second-order valence-electron chi connectivity index (χ2n) is 4.19. The fourth-order valence-corrected chi connectivity index (χ4v) is 1.82. The van der Waals surface area contributed by atoms with Gasteiger partial charge in [-0.05, 0) is 27.9 Å². The summed E-state index contributed by atoms with van der Waals surface area (Å²) in [6.07, 6.45) is 3.20. The summed E-state index contributed by atoms with van der Waals surface area (Å²) in [6.45, 7) is 5.61. The predicted octanol–water partition coefficient (Wildman–Crippen LogP) is 0.822. The van der Waals surface area contributed by atoms with E-state index in [2.05, 4.69) is 22.0 Å². The number of H-pyrrole nitrogens is 1. The molecule has 0 saturated carbocycles. The zero-order valence-corrected chi connectivity index (χ0v) is 10.4. The van der Waals surface area contributed by atoms with Gasteiger partial charge >= 0.3 is 0 Å². The SMILES string of the molecule is CCN(C(=O)c1cn[nH]c1)C(C)CN(C)C. The molecule has 1 amide bonds. The molecule has 0 saturated heterocycles. The molecule has 0 aliphatic heterocycles. The van der Waals surface area contributed by atoms with Crippen LogP contribution in [0.3, 0.4) is 0 Å². The number of aromatic amines is 1. The van der Waals surface area contributed by atoms with Crippen LogP contribution in [0, 0.1) is 0 Å². The Morgan fingerprint density at radius 1 is 1.56 bits per heavy atom. The van der Waals surface area contributed by atoms with E-state index in [0.29, 0.717) is 12.1 Å². The molecule has 1 aromatic heterocycles. The highest BCUT2D eigenvalue weighted by atomic mass is 16.2. The molecule has 0 aliphatic carbocycles. The minimum atomic E-state index is 0.0330. The maximum atomic E-state index is 12.1. The van der Waals surface area contributed by atoms with Gasteiger partial charge in [-0.2, -0.15) is 5.10 Å². The Hall–Kier alpha value is -1.36. The van der Waals surface area contributed by atoms with E-state index < -0.39 is 0 Å². The van der Waals surface area contributed by atoms with Crippen LogP contribution in [-0.2, 0) is 0 Å². The maximum Gasteiger partial charge on any atom is 0.257 e. The van der Waals surface area contributed by atoms with E-state index in [-0.39, 0.29) is 11.9 Å². The number of carbonyl (C=O) groups is 1. The lowest BCUT2D eigenvalue weighted by Crippen LogP contribution is -2.43. The van der Waals surface area contributed by atoms with Crippen LogP contribution >= 0.6 is 0 Å². The molecular formula is C11H20N4O. The van der Waals surface area contributed by atoms with Gasteiger partial charge in [0.15, 0.2) is 0 Å². The van der Waals surface area contributed by atoms with Crippen LogP contribution in [0.4, 0.5) is 0 Å². The largest absolute Gasteiger partial charge is 0.335 e. The first-order valence-corrected chi connectivity index (χ1v) is 5.50. The third kappa shape index (κ3) is 3.06. The van der Waals surface area contributed by atoms with E-state index >= 15 is 0 Å². The Kier molecular flexibility index (Phi) is 4.49. The summed E-state index contributed by atoms with van der Waals surface area (Å²) in [4.78, 5) is 16.0. The summed E-state index contributed by atoms with van der Waals surface area (Å²) >= 11 is 0. The first kappa shape index (κ1) is 12.7. The van der Waals surface area contributed by atoms with Gasteiger partial charge in [-0.3, -0.25) is 9.89 Å². The van der Waals surface area contributed by atoms with Crippen molar-refractivity contribution < 1.29 is 4.79 Å². The summed E-state index contributed by atoms with van der Waals surface area (Å²) < 4.78 is 0. The van der Waals surface area contributed by atoms with E-state index in [4.69, 9.17) is 0 Å². The summed E-state index contributed by atoms with van der Waals surface area (Å²) in [7, 11) is 4.01. The molecule has 0 radical (unpaired) electrons. The number of nitrogens with one attached hydrogen (secondary N) is 1. The monoisotopic (exact) mass is 224 g/mol. The molecule has 5 nitrogen and oxygen atoms in total. The van der Waals surface area contributed by atoms with E-state index in [1.54, 1.807) is 12.4 Å². The van der Waals surface area contributed by atoms with Gasteiger partial charge in [-0.15, -0.1) is 0 Å². The van der Waals surface area contributed by atoms with Crippen molar-refractivity contribution in [1.29, 1.82) is 0 Å². The lowest BCUT2D eigenvalue weighted by atomic mass is 10.2. The minimum absolute atomic E-state index is 0.0330. The van der Waals surface area contributed by atoms with Crippen molar-refractivity contribution >= 4 is 5.91 Å². The fraction of sp³-hybridized carbons (Fsp3) is 0.636. The zero-order chi connectivity index (χ0) is 12.1.